The molecule has 1 saturated carbocycles. The van der Waals surface area contributed by atoms with Gasteiger partial charge in [-0.15, -0.1) is 0 Å². The van der Waals surface area contributed by atoms with E-state index in [1.807, 2.05) is 12.3 Å². The number of halogens is 1. The summed E-state index contributed by atoms with van der Waals surface area (Å²) in [5.41, 5.74) is 2.92. The molecule has 2 aromatic rings. The van der Waals surface area contributed by atoms with Crippen molar-refractivity contribution in [2.45, 2.75) is 39.2 Å². The van der Waals surface area contributed by atoms with Crippen molar-refractivity contribution in [2.75, 3.05) is 6.54 Å². The van der Waals surface area contributed by atoms with E-state index < -0.39 is 0 Å². The van der Waals surface area contributed by atoms with Crippen LogP contribution in [0.3, 0.4) is 0 Å². The van der Waals surface area contributed by atoms with Gasteiger partial charge in [0.15, 0.2) is 0 Å². The lowest BCUT2D eigenvalue weighted by molar-refractivity contribution is 0.550. The highest BCUT2D eigenvalue weighted by Gasteiger charge is 2.31. The summed E-state index contributed by atoms with van der Waals surface area (Å²) in [6.07, 6.45) is 4.24. The molecule has 0 atom stereocenters. The molecule has 0 unspecified atom stereocenters. The third kappa shape index (κ3) is 3.16. The lowest BCUT2D eigenvalue weighted by Gasteiger charge is -2.11. The molecule has 3 nitrogen and oxygen atoms in total. The van der Waals surface area contributed by atoms with Gasteiger partial charge in [0.1, 0.15) is 11.5 Å². The van der Waals surface area contributed by atoms with Gasteiger partial charge in [-0.05, 0) is 37.4 Å². The standard InChI is InChI=1S/C17H22FN3/c1-12(2)9-19-10-14-11-20-21(17(14)13-7-8-13)16-6-4-3-5-15(16)18/h3-6,11-13,19H,7-10H2,1-2H3. The highest BCUT2D eigenvalue weighted by atomic mass is 19.1. The molecular formula is C17H22FN3. The van der Waals surface area contributed by atoms with Crippen LogP contribution in [0.2, 0.25) is 0 Å². The van der Waals surface area contributed by atoms with Gasteiger partial charge in [-0.1, -0.05) is 26.0 Å². The summed E-state index contributed by atoms with van der Waals surface area (Å²) in [7, 11) is 0. The van der Waals surface area contributed by atoms with Gasteiger partial charge in [-0.2, -0.15) is 5.10 Å². The van der Waals surface area contributed by atoms with E-state index in [4.69, 9.17) is 0 Å². The molecule has 0 spiro atoms. The first kappa shape index (κ1) is 14.3. The minimum absolute atomic E-state index is 0.218. The average molecular weight is 287 g/mol. The fraction of sp³-hybridized carbons (Fsp3) is 0.471. The number of nitrogens with one attached hydrogen (secondary N) is 1. The Morgan fingerprint density at radius 1 is 1.33 bits per heavy atom. The SMILES string of the molecule is CC(C)CNCc1cnn(-c2ccccc2F)c1C1CC1. The highest BCUT2D eigenvalue weighted by molar-refractivity contribution is 5.39. The Kier molecular flexibility index (Phi) is 4.06. The Balaban J connectivity index is 1.88. The van der Waals surface area contributed by atoms with Crippen molar-refractivity contribution in [3.05, 3.63) is 47.5 Å². The third-order valence-corrected chi connectivity index (χ3v) is 3.80. The number of hydrogen-bond donors (Lipinski definition) is 1. The number of benzene rings is 1. The Bertz CT molecular complexity index is 614. The van der Waals surface area contributed by atoms with Crippen LogP contribution in [0.5, 0.6) is 0 Å². The van der Waals surface area contributed by atoms with Gasteiger partial charge in [-0.25, -0.2) is 9.07 Å². The van der Waals surface area contributed by atoms with E-state index in [1.165, 1.54) is 30.2 Å². The van der Waals surface area contributed by atoms with Gasteiger partial charge in [-0.3, -0.25) is 0 Å². The van der Waals surface area contributed by atoms with E-state index in [2.05, 4.69) is 24.3 Å². The van der Waals surface area contributed by atoms with Crippen LogP contribution >= 0.6 is 0 Å². The molecule has 3 rings (SSSR count). The molecule has 1 fully saturated rings. The van der Waals surface area contributed by atoms with Crippen LogP contribution in [0.25, 0.3) is 5.69 Å². The van der Waals surface area contributed by atoms with Crippen LogP contribution in [0.1, 0.15) is 43.9 Å². The van der Waals surface area contributed by atoms with Gasteiger partial charge >= 0.3 is 0 Å². The molecule has 1 heterocycles. The van der Waals surface area contributed by atoms with E-state index in [1.54, 1.807) is 16.8 Å². The zero-order valence-electron chi connectivity index (χ0n) is 12.6. The molecule has 112 valence electrons. The Morgan fingerprint density at radius 3 is 2.76 bits per heavy atom. The second-order valence-electron chi connectivity index (χ2n) is 6.22. The summed E-state index contributed by atoms with van der Waals surface area (Å²) >= 11 is 0. The Labute approximate surface area is 125 Å². The minimum atomic E-state index is -0.218. The lowest BCUT2D eigenvalue weighted by atomic mass is 10.1. The summed E-state index contributed by atoms with van der Waals surface area (Å²) in [4.78, 5) is 0. The first-order chi connectivity index (χ1) is 10.2. The fourth-order valence-corrected chi connectivity index (χ4v) is 2.63. The molecule has 0 aliphatic heterocycles. The van der Waals surface area contributed by atoms with Gasteiger partial charge < -0.3 is 5.32 Å². The molecule has 1 N–H and O–H groups in total. The molecular weight excluding hydrogens is 265 g/mol. The van der Waals surface area contributed by atoms with Crippen LogP contribution in [-0.4, -0.2) is 16.3 Å². The quantitative estimate of drug-likeness (QED) is 0.879. The second kappa shape index (κ2) is 5.98. The summed E-state index contributed by atoms with van der Waals surface area (Å²) < 4.78 is 15.8. The summed E-state index contributed by atoms with van der Waals surface area (Å²) in [6, 6.07) is 6.85. The van der Waals surface area contributed by atoms with Crippen LogP contribution in [-0.2, 0) is 6.54 Å². The van der Waals surface area contributed by atoms with E-state index in [0.717, 1.165) is 13.1 Å². The predicted octanol–water partition coefficient (Wildman–Crippen LogP) is 3.63. The van der Waals surface area contributed by atoms with Crippen LogP contribution in [0, 0.1) is 11.7 Å². The smallest absolute Gasteiger partial charge is 0.148 e. The maximum absolute atomic E-state index is 14.0. The minimum Gasteiger partial charge on any atom is -0.312 e. The zero-order valence-corrected chi connectivity index (χ0v) is 12.6. The van der Waals surface area contributed by atoms with Crippen LogP contribution < -0.4 is 5.32 Å². The number of nitrogens with zero attached hydrogens (tertiary/aromatic N) is 2. The van der Waals surface area contributed by atoms with E-state index in [-0.39, 0.29) is 5.82 Å². The van der Waals surface area contributed by atoms with Crippen LogP contribution in [0.4, 0.5) is 4.39 Å². The summed E-state index contributed by atoms with van der Waals surface area (Å²) in [5.74, 6) is 0.933. The molecule has 0 bridgehead atoms. The Hall–Kier alpha value is -1.68. The maximum Gasteiger partial charge on any atom is 0.148 e. The van der Waals surface area contributed by atoms with Crippen molar-refractivity contribution in [2.24, 2.45) is 5.92 Å². The fourth-order valence-electron chi connectivity index (χ4n) is 2.63. The van der Waals surface area contributed by atoms with Crippen molar-refractivity contribution in [3.8, 4) is 5.69 Å². The van der Waals surface area contributed by atoms with Crippen molar-refractivity contribution < 1.29 is 4.39 Å². The molecule has 1 aliphatic rings. The molecule has 1 aromatic heterocycles. The first-order valence-electron chi connectivity index (χ1n) is 7.69. The predicted molar refractivity (Wildman–Crippen MR) is 82.0 cm³/mol. The van der Waals surface area contributed by atoms with E-state index >= 15 is 0 Å². The van der Waals surface area contributed by atoms with Crippen molar-refractivity contribution in [1.82, 2.24) is 15.1 Å². The lowest BCUT2D eigenvalue weighted by Crippen LogP contribution is -2.19. The number of rotatable bonds is 6. The largest absolute Gasteiger partial charge is 0.312 e. The molecule has 21 heavy (non-hydrogen) atoms. The van der Waals surface area contributed by atoms with Gasteiger partial charge in [0, 0.05) is 18.0 Å². The van der Waals surface area contributed by atoms with E-state index in [0.29, 0.717) is 17.5 Å². The van der Waals surface area contributed by atoms with Crippen molar-refractivity contribution in [3.63, 3.8) is 0 Å². The van der Waals surface area contributed by atoms with E-state index in [9.17, 15) is 4.39 Å². The number of aromatic nitrogens is 2. The monoisotopic (exact) mass is 287 g/mol. The topological polar surface area (TPSA) is 29.9 Å². The third-order valence-electron chi connectivity index (χ3n) is 3.80. The van der Waals surface area contributed by atoms with Gasteiger partial charge in [0.2, 0.25) is 0 Å². The average Bonchev–Trinajstić information content (AvgIpc) is 3.20. The molecule has 1 aromatic carbocycles. The first-order valence-corrected chi connectivity index (χ1v) is 7.69. The highest BCUT2D eigenvalue weighted by Crippen LogP contribution is 2.42. The van der Waals surface area contributed by atoms with Gasteiger partial charge in [0.05, 0.1) is 11.9 Å². The molecule has 0 amide bonds. The number of hydrogen-bond acceptors (Lipinski definition) is 2. The summed E-state index contributed by atoms with van der Waals surface area (Å²) in [5, 5.41) is 7.90. The van der Waals surface area contributed by atoms with Crippen LogP contribution in [0.15, 0.2) is 30.5 Å². The number of para-hydroxylation sites is 1. The normalized spacial score (nSPS) is 14.9. The molecule has 4 heteroatoms. The Morgan fingerprint density at radius 2 is 2.10 bits per heavy atom. The molecule has 0 radical (unpaired) electrons. The van der Waals surface area contributed by atoms with Gasteiger partial charge in [0.25, 0.3) is 0 Å². The zero-order chi connectivity index (χ0) is 14.8. The van der Waals surface area contributed by atoms with Crippen molar-refractivity contribution in [1.29, 1.82) is 0 Å². The molecule has 0 saturated heterocycles. The molecule has 1 aliphatic carbocycles. The van der Waals surface area contributed by atoms with Crippen molar-refractivity contribution >= 4 is 0 Å². The maximum atomic E-state index is 14.0. The summed E-state index contributed by atoms with van der Waals surface area (Å²) in [6.45, 7) is 6.17. The second-order valence-corrected chi connectivity index (χ2v) is 6.22.